The Morgan fingerprint density at radius 3 is 2.70 bits per heavy atom. The van der Waals surface area contributed by atoms with Gasteiger partial charge in [0.25, 0.3) is 0 Å². The highest BCUT2D eigenvalue weighted by atomic mass is 16.5. The Bertz CT molecular complexity index is 862. The van der Waals surface area contributed by atoms with Crippen molar-refractivity contribution in [3.8, 4) is 23.0 Å². The zero-order valence-electron chi connectivity index (χ0n) is 12.4. The van der Waals surface area contributed by atoms with Crippen LogP contribution in [0.4, 0.5) is 0 Å². The highest BCUT2D eigenvalue weighted by Crippen LogP contribution is 2.23. The minimum atomic E-state index is -1.00. The van der Waals surface area contributed by atoms with Crippen LogP contribution in [0.15, 0.2) is 60.8 Å². The van der Waals surface area contributed by atoms with Crippen molar-refractivity contribution in [2.45, 2.75) is 6.92 Å². The van der Waals surface area contributed by atoms with E-state index in [1.165, 1.54) is 12.1 Å². The predicted molar refractivity (Wildman–Crippen MR) is 85.7 cm³/mol. The fraction of sp³-hybridized carbons (Fsp3) is 0.0556. The van der Waals surface area contributed by atoms with Crippen LogP contribution in [0.5, 0.6) is 11.6 Å². The lowest BCUT2D eigenvalue weighted by Crippen LogP contribution is -1.97. The van der Waals surface area contributed by atoms with E-state index in [0.717, 1.165) is 11.1 Å². The van der Waals surface area contributed by atoms with Crippen molar-refractivity contribution in [3.05, 3.63) is 71.9 Å². The molecule has 0 aliphatic carbocycles. The summed E-state index contributed by atoms with van der Waals surface area (Å²) >= 11 is 0. The molecule has 0 saturated carbocycles. The second-order valence-corrected chi connectivity index (χ2v) is 5.02. The molecular weight excluding hydrogens is 292 g/mol. The van der Waals surface area contributed by atoms with Crippen LogP contribution in [0.2, 0.25) is 0 Å². The summed E-state index contributed by atoms with van der Waals surface area (Å²) in [6.45, 7) is 2.00. The third-order valence-corrected chi connectivity index (χ3v) is 3.21. The van der Waals surface area contributed by atoms with Crippen LogP contribution >= 0.6 is 0 Å². The molecule has 1 N–H and O–H groups in total. The van der Waals surface area contributed by atoms with Crippen LogP contribution in [0.1, 0.15) is 15.9 Å². The summed E-state index contributed by atoms with van der Waals surface area (Å²) in [6.07, 6.45) is 1.61. The van der Waals surface area contributed by atoms with Crippen molar-refractivity contribution >= 4 is 5.97 Å². The van der Waals surface area contributed by atoms with Gasteiger partial charge in [0.1, 0.15) is 5.75 Å². The quantitative estimate of drug-likeness (QED) is 0.790. The SMILES string of the molecule is Cc1cccc(-c2nccc(Oc3cccc(C(=O)O)c3)n2)c1. The van der Waals surface area contributed by atoms with Gasteiger partial charge in [-0.25, -0.2) is 9.78 Å². The summed E-state index contributed by atoms with van der Waals surface area (Å²) in [4.78, 5) is 19.6. The third kappa shape index (κ3) is 3.52. The first-order valence-electron chi connectivity index (χ1n) is 7.03. The number of benzene rings is 2. The van der Waals surface area contributed by atoms with Gasteiger partial charge in [-0.15, -0.1) is 0 Å². The van der Waals surface area contributed by atoms with E-state index in [1.807, 2.05) is 31.2 Å². The average Bonchev–Trinajstić information content (AvgIpc) is 2.55. The highest BCUT2D eigenvalue weighted by Gasteiger charge is 2.07. The molecule has 2 aromatic carbocycles. The Morgan fingerprint density at radius 2 is 1.91 bits per heavy atom. The first kappa shape index (κ1) is 14.7. The fourth-order valence-corrected chi connectivity index (χ4v) is 2.14. The van der Waals surface area contributed by atoms with Gasteiger partial charge in [0, 0.05) is 17.8 Å². The fourth-order valence-electron chi connectivity index (χ4n) is 2.14. The van der Waals surface area contributed by atoms with E-state index < -0.39 is 5.97 Å². The second kappa shape index (κ2) is 6.27. The maximum Gasteiger partial charge on any atom is 0.335 e. The summed E-state index contributed by atoms with van der Waals surface area (Å²) in [5.74, 6) is 0.331. The molecule has 1 aromatic heterocycles. The second-order valence-electron chi connectivity index (χ2n) is 5.02. The summed E-state index contributed by atoms with van der Waals surface area (Å²) in [7, 11) is 0. The molecule has 0 unspecified atom stereocenters. The van der Waals surface area contributed by atoms with Gasteiger partial charge in [-0.05, 0) is 31.2 Å². The minimum Gasteiger partial charge on any atom is -0.478 e. The number of aromatic nitrogens is 2. The summed E-state index contributed by atoms with van der Waals surface area (Å²) < 4.78 is 5.65. The van der Waals surface area contributed by atoms with Crippen molar-refractivity contribution in [2.24, 2.45) is 0 Å². The summed E-state index contributed by atoms with van der Waals surface area (Å²) in [5.41, 5.74) is 2.18. The zero-order chi connectivity index (χ0) is 16.2. The van der Waals surface area contributed by atoms with Gasteiger partial charge in [-0.2, -0.15) is 4.98 Å². The van der Waals surface area contributed by atoms with Crippen molar-refractivity contribution in [1.29, 1.82) is 0 Å². The van der Waals surface area contributed by atoms with Crippen molar-refractivity contribution < 1.29 is 14.6 Å². The smallest absolute Gasteiger partial charge is 0.335 e. The molecule has 0 aliphatic heterocycles. The van der Waals surface area contributed by atoms with Crippen LogP contribution in [-0.4, -0.2) is 21.0 Å². The lowest BCUT2D eigenvalue weighted by Gasteiger charge is -2.07. The maximum absolute atomic E-state index is 11.0. The third-order valence-electron chi connectivity index (χ3n) is 3.21. The number of carboxylic acid groups (broad SMARTS) is 1. The normalized spacial score (nSPS) is 10.3. The van der Waals surface area contributed by atoms with E-state index in [2.05, 4.69) is 9.97 Å². The lowest BCUT2D eigenvalue weighted by molar-refractivity contribution is 0.0696. The van der Waals surface area contributed by atoms with Crippen LogP contribution < -0.4 is 4.74 Å². The molecule has 0 fully saturated rings. The Kier molecular flexibility index (Phi) is 4.01. The van der Waals surface area contributed by atoms with E-state index in [4.69, 9.17) is 9.84 Å². The zero-order valence-corrected chi connectivity index (χ0v) is 12.4. The molecule has 0 aliphatic rings. The van der Waals surface area contributed by atoms with E-state index in [1.54, 1.807) is 24.4 Å². The Hall–Kier alpha value is -3.21. The number of hydrogen-bond acceptors (Lipinski definition) is 4. The molecule has 0 spiro atoms. The number of hydrogen-bond donors (Lipinski definition) is 1. The lowest BCUT2D eigenvalue weighted by atomic mass is 10.1. The number of aromatic carboxylic acids is 1. The number of aryl methyl sites for hydroxylation is 1. The van der Waals surface area contributed by atoms with Gasteiger partial charge >= 0.3 is 5.97 Å². The monoisotopic (exact) mass is 306 g/mol. The molecule has 0 atom stereocenters. The maximum atomic E-state index is 11.0. The Labute approximate surface area is 133 Å². The summed E-state index contributed by atoms with van der Waals surface area (Å²) in [5, 5.41) is 9.01. The Balaban J connectivity index is 1.88. The van der Waals surface area contributed by atoms with E-state index in [-0.39, 0.29) is 5.56 Å². The average molecular weight is 306 g/mol. The number of rotatable bonds is 4. The predicted octanol–water partition coefficient (Wildman–Crippen LogP) is 3.94. The van der Waals surface area contributed by atoms with Crippen LogP contribution in [0.25, 0.3) is 11.4 Å². The van der Waals surface area contributed by atoms with Gasteiger partial charge in [0.2, 0.25) is 5.88 Å². The van der Waals surface area contributed by atoms with Crippen LogP contribution in [0.3, 0.4) is 0 Å². The molecule has 0 saturated heterocycles. The molecule has 3 aromatic rings. The van der Waals surface area contributed by atoms with E-state index >= 15 is 0 Å². The van der Waals surface area contributed by atoms with Gasteiger partial charge in [0.15, 0.2) is 5.82 Å². The van der Waals surface area contributed by atoms with E-state index in [0.29, 0.717) is 17.5 Å². The van der Waals surface area contributed by atoms with Crippen molar-refractivity contribution in [1.82, 2.24) is 9.97 Å². The highest BCUT2D eigenvalue weighted by molar-refractivity contribution is 5.88. The molecule has 114 valence electrons. The topological polar surface area (TPSA) is 72.3 Å². The first-order chi connectivity index (χ1) is 11.1. The molecule has 3 rings (SSSR count). The minimum absolute atomic E-state index is 0.162. The van der Waals surface area contributed by atoms with Gasteiger partial charge in [0.05, 0.1) is 5.56 Å². The van der Waals surface area contributed by atoms with Crippen molar-refractivity contribution in [3.63, 3.8) is 0 Å². The van der Waals surface area contributed by atoms with Crippen molar-refractivity contribution in [2.75, 3.05) is 0 Å². The van der Waals surface area contributed by atoms with E-state index in [9.17, 15) is 4.79 Å². The van der Waals surface area contributed by atoms with Crippen LogP contribution in [-0.2, 0) is 0 Å². The molecule has 23 heavy (non-hydrogen) atoms. The molecule has 1 heterocycles. The Morgan fingerprint density at radius 1 is 1.09 bits per heavy atom. The first-order valence-corrected chi connectivity index (χ1v) is 7.03. The molecular formula is C18H14N2O3. The largest absolute Gasteiger partial charge is 0.478 e. The van der Waals surface area contributed by atoms with Crippen LogP contribution in [0, 0.1) is 6.92 Å². The van der Waals surface area contributed by atoms with Gasteiger partial charge in [-0.1, -0.05) is 29.8 Å². The number of carboxylic acids is 1. The number of carbonyl (C=O) groups is 1. The molecule has 5 nitrogen and oxygen atoms in total. The number of nitrogens with zero attached hydrogens (tertiary/aromatic N) is 2. The molecule has 5 heteroatoms. The molecule has 0 bridgehead atoms. The molecule has 0 radical (unpaired) electrons. The molecule has 0 amide bonds. The van der Waals surface area contributed by atoms with Gasteiger partial charge < -0.3 is 9.84 Å². The number of ether oxygens (including phenoxy) is 1. The summed E-state index contributed by atoms with van der Waals surface area (Å²) in [6, 6.07) is 15.8. The standard InChI is InChI=1S/C18H14N2O3/c1-12-4-2-5-13(10-12)17-19-9-8-16(20-17)23-15-7-3-6-14(11-15)18(21)22/h2-11H,1H3,(H,21,22). The van der Waals surface area contributed by atoms with Gasteiger partial charge in [-0.3, -0.25) is 0 Å².